The SMILES string of the molecule is O=C(O)C1(F)CCCc2cccc(O)c21. The fourth-order valence-corrected chi connectivity index (χ4v) is 2.11. The second-order valence-electron chi connectivity index (χ2n) is 3.77. The number of carbonyl (C=O) groups is 1. The highest BCUT2D eigenvalue weighted by molar-refractivity contribution is 5.81. The van der Waals surface area contributed by atoms with Crippen LogP contribution in [0.4, 0.5) is 4.39 Å². The van der Waals surface area contributed by atoms with Gasteiger partial charge in [-0.1, -0.05) is 12.1 Å². The number of fused-ring (bicyclic) bond motifs is 1. The Morgan fingerprint density at radius 3 is 2.87 bits per heavy atom. The van der Waals surface area contributed by atoms with Crippen molar-refractivity contribution in [2.24, 2.45) is 0 Å². The van der Waals surface area contributed by atoms with Gasteiger partial charge in [0, 0.05) is 5.56 Å². The molecule has 1 unspecified atom stereocenters. The molecular weight excluding hydrogens is 199 g/mol. The Labute approximate surface area is 86.2 Å². The van der Waals surface area contributed by atoms with Crippen LogP contribution in [0.3, 0.4) is 0 Å². The highest BCUT2D eigenvalue weighted by atomic mass is 19.1. The molecule has 0 spiro atoms. The van der Waals surface area contributed by atoms with Crippen LogP contribution >= 0.6 is 0 Å². The van der Waals surface area contributed by atoms with E-state index >= 15 is 0 Å². The van der Waals surface area contributed by atoms with Crippen LogP contribution in [0.15, 0.2) is 18.2 Å². The van der Waals surface area contributed by atoms with Crippen molar-refractivity contribution in [3.8, 4) is 5.75 Å². The lowest BCUT2D eigenvalue weighted by atomic mass is 9.80. The van der Waals surface area contributed by atoms with E-state index in [0.29, 0.717) is 18.4 Å². The van der Waals surface area contributed by atoms with Crippen LogP contribution in [0.5, 0.6) is 5.75 Å². The molecule has 0 aliphatic heterocycles. The van der Waals surface area contributed by atoms with Crippen LogP contribution in [-0.4, -0.2) is 16.2 Å². The number of halogens is 1. The lowest BCUT2D eigenvalue weighted by Crippen LogP contribution is -2.34. The Hall–Kier alpha value is -1.58. The molecule has 0 radical (unpaired) electrons. The predicted octanol–water partition coefficient (Wildman–Crippen LogP) is 1.98. The van der Waals surface area contributed by atoms with Gasteiger partial charge in [0.05, 0.1) is 0 Å². The molecule has 0 saturated carbocycles. The summed E-state index contributed by atoms with van der Waals surface area (Å²) in [6, 6.07) is 4.58. The summed E-state index contributed by atoms with van der Waals surface area (Å²) >= 11 is 0. The van der Waals surface area contributed by atoms with E-state index in [1.54, 1.807) is 12.1 Å². The van der Waals surface area contributed by atoms with Gasteiger partial charge in [0.25, 0.3) is 0 Å². The van der Waals surface area contributed by atoms with Gasteiger partial charge >= 0.3 is 5.97 Å². The maximum atomic E-state index is 14.2. The van der Waals surface area contributed by atoms with E-state index in [4.69, 9.17) is 5.11 Å². The molecule has 0 bridgehead atoms. The number of alkyl halides is 1. The first kappa shape index (κ1) is 9.96. The molecule has 1 aromatic carbocycles. The number of phenols is 1. The standard InChI is InChI=1S/C11H11FO3/c12-11(10(14)15)6-2-4-7-3-1-5-8(13)9(7)11/h1,3,5,13H,2,4,6H2,(H,14,15). The predicted molar refractivity (Wildman–Crippen MR) is 51.5 cm³/mol. The third kappa shape index (κ3) is 1.37. The summed E-state index contributed by atoms with van der Waals surface area (Å²) in [5.74, 6) is -1.79. The first-order chi connectivity index (χ1) is 7.05. The minimum absolute atomic E-state index is 0.0660. The molecule has 1 atom stereocenters. The molecule has 3 nitrogen and oxygen atoms in total. The van der Waals surface area contributed by atoms with Gasteiger partial charge in [-0.15, -0.1) is 0 Å². The van der Waals surface area contributed by atoms with Gasteiger partial charge in [-0.2, -0.15) is 0 Å². The second-order valence-corrected chi connectivity index (χ2v) is 3.77. The molecule has 2 rings (SSSR count). The number of aliphatic carboxylic acids is 1. The summed E-state index contributed by atoms with van der Waals surface area (Å²) in [5, 5.41) is 18.4. The van der Waals surface area contributed by atoms with E-state index in [1.807, 2.05) is 0 Å². The monoisotopic (exact) mass is 210 g/mol. The molecule has 15 heavy (non-hydrogen) atoms. The number of hydrogen-bond donors (Lipinski definition) is 2. The highest BCUT2D eigenvalue weighted by Gasteiger charge is 2.45. The lowest BCUT2D eigenvalue weighted by molar-refractivity contribution is -0.152. The van der Waals surface area contributed by atoms with Crippen molar-refractivity contribution < 1.29 is 19.4 Å². The quantitative estimate of drug-likeness (QED) is 0.745. The van der Waals surface area contributed by atoms with Gasteiger partial charge in [0.15, 0.2) is 0 Å². The van der Waals surface area contributed by atoms with E-state index in [9.17, 15) is 14.3 Å². The summed E-state index contributed by atoms with van der Waals surface area (Å²) < 4.78 is 14.2. The van der Waals surface area contributed by atoms with Crippen LogP contribution in [0, 0.1) is 0 Å². The molecule has 0 fully saturated rings. The first-order valence-electron chi connectivity index (χ1n) is 4.79. The third-order valence-corrected chi connectivity index (χ3v) is 2.83. The van der Waals surface area contributed by atoms with Crippen molar-refractivity contribution in [3.63, 3.8) is 0 Å². The van der Waals surface area contributed by atoms with Gasteiger partial charge < -0.3 is 10.2 Å². The largest absolute Gasteiger partial charge is 0.508 e. The van der Waals surface area contributed by atoms with Crippen LogP contribution in [0.25, 0.3) is 0 Å². The van der Waals surface area contributed by atoms with E-state index in [0.717, 1.165) is 0 Å². The van der Waals surface area contributed by atoms with Gasteiger partial charge in [-0.25, -0.2) is 9.18 Å². The van der Waals surface area contributed by atoms with E-state index in [-0.39, 0.29) is 17.7 Å². The minimum Gasteiger partial charge on any atom is -0.508 e. The summed E-state index contributed by atoms with van der Waals surface area (Å²) in [7, 11) is 0. The van der Waals surface area contributed by atoms with Crippen molar-refractivity contribution in [2.45, 2.75) is 24.9 Å². The summed E-state index contributed by atoms with van der Waals surface area (Å²) in [6.45, 7) is 0. The number of aromatic hydroxyl groups is 1. The maximum absolute atomic E-state index is 14.2. The topological polar surface area (TPSA) is 57.5 Å². The summed E-state index contributed by atoms with van der Waals surface area (Å²) in [4.78, 5) is 10.9. The van der Waals surface area contributed by atoms with Crippen LogP contribution < -0.4 is 0 Å². The average molecular weight is 210 g/mol. The molecule has 80 valence electrons. The van der Waals surface area contributed by atoms with Gasteiger partial charge in [-0.05, 0) is 30.9 Å². The second kappa shape index (κ2) is 3.22. The zero-order valence-electron chi connectivity index (χ0n) is 8.03. The van der Waals surface area contributed by atoms with Gasteiger partial charge in [0.1, 0.15) is 5.75 Å². The Balaban J connectivity index is 2.64. The fraction of sp³-hybridized carbons (Fsp3) is 0.364. The Bertz CT molecular complexity index is 416. The number of carboxylic acid groups (broad SMARTS) is 1. The molecule has 1 aliphatic rings. The number of carboxylic acids is 1. The molecule has 0 aromatic heterocycles. The molecule has 1 aromatic rings. The highest BCUT2D eigenvalue weighted by Crippen LogP contribution is 2.43. The van der Waals surface area contributed by atoms with E-state index in [1.165, 1.54) is 6.07 Å². The molecule has 0 saturated heterocycles. The number of hydrogen-bond acceptors (Lipinski definition) is 2. The smallest absolute Gasteiger partial charge is 0.346 e. The lowest BCUT2D eigenvalue weighted by Gasteiger charge is -2.28. The number of rotatable bonds is 1. The molecule has 0 amide bonds. The van der Waals surface area contributed by atoms with Crippen molar-refractivity contribution >= 4 is 5.97 Å². The first-order valence-corrected chi connectivity index (χ1v) is 4.79. The number of phenolic OH excluding ortho intramolecular Hbond substituents is 1. The molecular formula is C11H11FO3. The molecule has 4 heteroatoms. The van der Waals surface area contributed by atoms with Crippen LogP contribution in [0.2, 0.25) is 0 Å². The van der Waals surface area contributed by atoms with E-state index < -0.39 is 11.6 Å². The van der Waals surface area contributed by atoms with Crippen molar-refractivity contribution in [2.75, 3.05) is 0 Å². The van der Waals surface area contributed by atoms with Crippen molar-refractivity contribution in [1.29, 1.82) is 0 Å². The summed E-state index contributed by atoms with van der Waals surface area (Å²) in [5.41, 5.74) is -1.91. The number of benzene rings is 1. The normalized spacial score (nSPS) is 24.6. The van der Waals surface area contributed by atoms with Gasteiger partial charge in [-0.3, -0.25) is 0 Å². The van der Waals surface area contributed by atoms with Crippen molar-refractivity contribution in [1.82, 2.24) is 0 Å². The fourth-order valence-electron chi connectivity index (χ4n) is 2.11. The Kier molecular flexibility index (Phi) is 2.14. The summed E-state index contributed by atoms with van der Waals surface area (Å²) in [6.07, 6.45) is 1.02. The van der Waals surface area contributed by atoms with Gasteiger partial charge in [0.2, 0.25) is 5.67 Å². The Morgan fingerprint density at radius 2 is 2.20 bits per heavy atom. The molecule has 2 N–H and O–H groups in total. The maximum Gasteiger partial charge on any atom is 0.346 e. The van der Waals surface area contributed by atoms with E-state index in [2.05, 4.69) is 0 Å². The van der Waals surface area contributed by atoms with Crippen LogP contribution in [0.1, 0.15) is 24.0 Å². The molecule has 1 aliphatic carbocycles. The number of aryl methyl sites for hydroxylation is 1. The average Bonchev–Trinajstić information content (AvgIpc) is 2.17. The molecule has 0 heterocycles. The zero-order valence-corrected chi connectivity index (χ0v) is 8.03. The minimum atomic E-state index is -2.43. The Morgan fingerprint density at radius 1 is 1.47 bits per heavy atom. The third-order valence-electron chi connectivity index (χ3n) is 2.83. The van der Waals surface area contributed by atoms with Crippen molar-refractivity contribution in [3.05, 3.63) is 29.3 Å². The van der Waals surface area contributed by atoms with Crippen LogP contribution in [-0.2, 0) is 16.9 Å². The zero-order chi connectivity index (χ0) is 11.1.